The highest BCUT2D eigenvalue weighted by atomic mass is 32.2. The Morgan fingerprint density at radius 3 is 2.18 bits per heavy atom. The van der Waals surface area contributed by atoms with Crippen molar-refractivity contribution in [3.63, 3.8) is 0 Å². The molecule has 1 N–H and O–H groups in total. The van der Waals surface area contributed by atoms with Crippen molar-refractivity contribution >= 4 is 11.8 Å². The molecule has 1 nitrogen and oxygen atoms in total. The first-order chi connectivity index (χ1) is 10.6. The summed E-state index contributed by atoms with van der Waals surface area (Å²) >= 11 is 1.22. The summed E-state index contributed by atoms with van der Waals surface area (Å²) in [4.78, 5) is 1.18. The van der Waals surface area contributed by atoms with E-state index in [1.54, 1.807) is 12.1 Å². The van der Waals surface area contributed by atoms with Crippen LogP contribution in [-0.4, -0.2) is 13.1 Å². The fourth-order valence-corrected chi connectivity index (χ4v) is 3.75. The summed E-state index contributed by atoms with van der Waals surface area (Å²) in [6.45, 7) is 1.80. The number of rotatable bonds is 3. The number of nitrogens with one attached hydrogen (secondary N) is 1. The topological polar surface area (TPSA) is 12.0 Å². The average Bonchev–Trinajstić information content (AvgIpc) is 2.52. The fourth-order valence-electron chi connectivity index (χ4n) is 2.74. The Balaban J connectivity index is 1.92. The first-order valence-corrected chi connectivity index (χ1v) is 8.08. The maximum absolute atomic E-state index is 13.8. The zero-order valence-electron chi connectivity index (χ0n) is 11.9. The number of piperidine rings is 1. The van der Waals surface area contributed by atoms with Crippen LogP contribution in [0.5, 0.6) is 0 Å². The minimum atomic E-state index is -0.598. The van der Waals surface area contributed by atoms with Gasteiger partial charge in [0.05, 0.1) is 0 Å². The summed E-state index contributed by atoms with van der Waals surface area (Å²) in [7, 11) is 0. The van der Waals surface area contributed by atoms with Crippen molar-refractivity contribution in [2.45, 2.75) is 28.6 Å². The van der Waals surface area contributed by atoms with E-state index in [0.717, 1.165) is 42.5 Å². The van der Waals surface area contributed by atoms with E-state index in [4.69, 9.17) is 0 Å². The maximum atomic E-state index is 13.8. The second-order valence-electron chi connectivity index (χ2n) is 5.38. The van der Waals surface area contributed by atoms with Crippen LogP contribution in [0.3, 0.4) is 0 Å². The quantitative estimate of drug-likeness (QED) is 0.877. The number of hydrogen-bond acceptors (Lipinski definition) is 2. The van der Waals surface area contributed by atoms with Crippen LogP contribution < -0.4 is 5.32 Å². The molecule has 0 unspecified atom stereocenters. The van der Waals surface area contributed by atoms with Gasteiger partial charge in [0.1, 0.15) is 17.5 Å². The molecular formula is C17H16F3NS. The van der Waals surface area contributed by atoms with Gasteiger partial charge in [-0.25, -0.2) is 13.2 Å². The smallest absolute Gasteiger partial charge is 0.140 e. The standard InChI is InChI=1S/C17H16F3NS/c18-12-1-3-16(14(9-12)11-5-7-21-8-6-11)22-17-4-2-13(19)10-15(17)20/h1-4,9-11,21H,5-8H2. The van der Waals surface area contributed by atoms with Gasteiger partial charge < -0.3 is 5.32 Å². The second-order valence-corrected chi connectivity index (χ2v) is 6.47. The summed E-state index contributed by atoms with van der Waals surface area (Å²) in [5, 5.41) is 3.28. The van der Waals surface area contributed by atoms with Crippen LogP contribution in [0.4, 0.5) is 13.2 Å². The van der Waals surface area contributed by atoms with Crippen LogP contribution in [0, 0.1) is 17.5 Å². The third-order valence-electron chi connectivity index (χ3n) is 3.86. The van der Waals surface area contributed by atoms with Gasteiger partial charge >= 0.3 is 0 Å². The van der Waals surface area contributed by atoms with E-state index in [-0.39, 0.29) is 11.7 Å². The van der Waals surface area contributed by atoms with Gasteiger partial charge in [-0.05, 0) is 67.7 Å². The van der Waals surface area contributed by atoms with E-state index in [9.17, 15) is 13.2 Å². The van der Waals surface area contributed by atoms with Gasteiger partial charge in [-0.3, -0.25) is 0 Å². The largest absolute Gasteiger partial charge is 0.317 e. The molecule has 0 spiro atoms. The Bertz CT molecular complexity index is 669. The van der Waals surface area contributed by atoms with E-state index in [1.807, 2.05) is 0 Å². The Labute approximate surface area is 131 Å². The summed E-state index contributed by atoms with van der Waals surface area (Å²) in [5.74, 6) is -1.20. The number of benzene rings is 2. The number of halogens is 3. The molecule has 0 amide bonds. The molecule has 2 aromatic carbocycles. The molecule has 5 heteroatoms. The summed E-state index contributed by atoms with van der Waals surface area (Å²) in [6, 6.07) is 8.13. The van der Waals surface area contributed by atoms with E-state index >= 15 is 0 Å². The highest BCUT2D eigenvalue weighted by Crippen LogP contribution is 2.38. The van der Waals surface area contributed by atoms with Gasteiger partial charge in [0, 0.05) is 15.9 Å². The van der Waals surface area contributed by atoms with E-state index in [0.29, 0.717) is 4.90 Å². The molecule has 0 bridgehead atoms. The molecule has 3 rings (SSSR count). The molecule has 0 aliphatic carbocycles. The van der Waals surface area contributed by atoms with Gasteiger partial charge in [-0.15, -0.1) is 0 Å². The average molecular weight is 323 g/mol. The van der Waals surface area contributed by atoms with Crippen LogP contribution in [0.25, 0.3) is 0 Å². The van der Waals surface area contributed by atoms with E-state index < -0.39 is 11.6 Å². The Morgan fingerprint density at radius 2 is 1.50 bits per heavy atom. The van der Waals surface area contributed by atoms with Gasteiger partial charge in [-0.1, -0.05) is 11.8 Å². The predicted molar refractivity (Wildman–Crippen MR) is 81.7 cm³/mol. The van der Waals surface area contributed by atoms with Crippen molar-refractivity contribution < 1.29 is 13.2 Å². The van der Waals surface area contributed by atoms with Gasteiger partial charge in [0.2, 0.25) is 0 Å². The molecule has 0 saturated carbocycles. The SMILES string of the molecule is Fc1ccc(Sc2ccc(F)cc2C2CCNCC2)c(F)c1. The molecule has 1 heterocycles. The predicted octanol–water partition coefficient (Wildman–Crippen LogP) is 4.72. The lowest BCUT2D eigenvalue weighted by Gasteiger charge is -2.25. The van der Waals surface area contributed by atoms with Crippen molar-refractivity contribution in [3.05, 3.63) is 59.4 Å². The third kappa shape index (κ3) is 3.47. The van der Waals surface area contributed by atoms with Crippen LogP contribution in [-0.2, 0) is 0 Å². The molecular weight excluding hydrogens is 307 g/mol. The Kier molecular flexibility index (Phi) is 4.74. The third-order valence-corrected chi connectivity index (χ3v) is 5.01. The highest BCUT2D eigenvalue weighted by Gasteiger charge is 2.20. The molecule has 0 radical (unpaired) electrons. The molecule has 1 aliphatic heterocycles. The molecule has 0 atom stereocenters. The normalized spacial score (nSPS) is 16.0. The summed E-state index contributed by atoms with van der Waals surface area (Å²) in [6.07, 6.45) is 1.87. The molecule has 2 aromatic rings. The minimum Gasteiger partial charge on any atom is -0.317 e. The molecule has 1 aliphatic rings. The first-order valence-electron chi connectivity index (χ1n) is 7.26. The second kappa shape index (κ2) is 6.75. The minimum absolute atomic E-state index is 0.267. The molecule has 1 saturated heterocycles. The van der Waals surface area contributed by atoms with Crippen molar-refractivity contribution in [1.82, 2.24) is 5.32 Å². The fraction of sp³-hybridized carbons (Fsp3) is 0.294. The summed E-state index contributed by atoms with van der Waals surface area (Å²) < 4.78 is 40.5. The zero-order chi connectivity index (χ0) is 15.5. The van der Waals surface area contributed by atoms with E-state index in [2.05, 4.69) is 5.32 Å². The van der Waals surface area contributed by atoms with Gasteiger partial charge in [0.25, 0.3) is 0 Å². The Morgan fingerprint density at radius 1 is 0.864 bits per heavy atom. The Hall–Kier alpha value is -1.46. The van der Waals surface area contributed by atoms with Gasteiger partial charge in [-0.2, -0.15) is 0 Å². The van der Waals surface area contributed by atoms with Crippen LogP contribution in [0.15, 0.2) is 46.2 Å². The van der Waals surface area contributed by atoms with Crippen molar-refractivity contribution in [1.29, 1.82) is 0 Å². The highest BCUT2D eigenvalue weighted by molar-refractivity contribution is 7.99. The first kappa shape index (κ1) is 15.4. The van der Waals surface area contributed by atoms with Gasteiger partial charge in [0.15, 0.2) is 0 Å². The maximum Gasteiger partial charge on any atom is 0.140 e. The van der Waals surface area contributed by atoms with Crippen molar-refractivity contribution in [2.75, 3.05) is 13.1 Å². The lowest BCUT2D eigenvalue weighted by atomic mass is 9.90. The monoisotopic (exact) mass is 323 g/mol. The molecule has 22 heavy (non-hydrogen) atoms. The zero-order valence-corrected chi connectivity index (χ0v) is 12.7. The van der Waals surface area contributed by atoms with Crippen LogP contribution in [0.1, 0.15) is 24.3 Å². The van der Waals surface area contributed by atoms with Crippen molar-refractivity contribution in [3.8, 4) is 0 Å². The number of hydrogen-bond donors (Lipinski definition) is 1. The molecule has 1 fully saturated rings. The lowest BCUT2D eigenvalue weighted by molar-refractivity contribution is 0.454. The van der Waals surface area contributed by atoms with E-state index in [1.165, 1.54) is 30.0 Å². The van der Waals surface area contributed by atoms with Crippen LogP contribution >= 0.6 is 11.8 Å². The van der Waals surface area contributed by atoms with Crippen molar-refractivity contribution in [2.24, 2.45) is 0 Å². The molecule has 0 aromatic heterocycles. The molecule has 116 valence electrons. The van der Waals surface area contributed by atoms with Crippen LogP contribution in [0.2, 0.25) is 0 Å². The lowest BCUT2D eigenvalue weighted by Crippen LogP contribution is -2.26. The summed E-state index contributed by atoms with van der Waals surface area (Å²) in [5.41, 5.74) is 0.912.